The topological polar surface area (TPSA) is 18.5 Å². The van der Waals surface area contributed by atoms with Gasteiger partial charge in [-0.05, 0) is 0 Å². The first-order valence-corrected chi connectivity index (χ1v) is 5.29. The van der Waals surface area contributed by atoms with Crippen molar-refractivity contribution in [3.05, 3.63) is 0 Å². The van der Waals surface area contributed by atoms with E-state index in [2.05, 4.69) is 22.9 Å². The van der Waals surface area contributed by atoms with Crippen LogP contribution >= 0.6 is 15.9 Å². The van der Waals surface area contributed by atoms with Gasteiger partial charge in [0.05, 0.1) is 13.2 Å². The molecule has 0 aromatic carbocycles. The highest BCUT2D eigenvalue weighted by molar-refractivity contribution is 9.09. The molecular weight excluding hydrogens is 208 g/mol. The Labute approximate surface area is 76.4 Å². The van der Waals surface area contributed by atoms with E-state index in [4.69, 9.17) is 9.47 Å². The quantitative estimate of drug-likeness (QED) is 0.681. The number of halogens is 1. The molecule has 0 bridgehead atoms. The van der Waals surface area contributed by atoms with E-state index >= 15 is 0 Å². The van der Waals surface area contributed by atoms with Gasteiger partial charge in [-0.15, -0.1) is 0 Å². The first-order chi connectivity index (χ1) is 5.33. The Bertz CT molecular complexity index is 103. The summed E-state index contributed by atoms with van der Waals surface area (Å²) < 4.78 is 11.1. The zero-order chi connectivity index (χ0) is 8.16. The third-order valence-electron chi connectivity index (χ3n) is 1.92. The molecule has 3 heteroatoms. The lowest BCUT2D eigenvalue weighted by Crippen LogP contribution is -2.30. The van der Waals surface area contributed by atoms with Crippen molar-refractivity contribution < 1.29 is 9.47 Å². The molecule has 0 N–H and O–H groups in total. The van der Waals surface area contributed by atoms with Gasteiger partial charge in [0.1, 0.15) is 0 Å². The van der Waals surface area contributed by atoms with Crippen LogP contribution in [-0.2, 0) is 9.47 Å². The Morgan fingerprint density at radius 1 is 1.27 bits per heavy atom. The van der Waals surface area contributed by atoms with Crippen LogP contribution in [0.25, 0.3) is 0 Å². The molecule has 0 unspecified atom stereocenters. The van der Waals surface area contributed by atoms with Gasteiger partial charge in [0, 0.05) is 18.2 Å². The number of hydrogen-bond donors (Lipinski definition) is 0. The van der Waals surface area contributed by atoms with Crippen molar-refractivity contribution in [1.29, 1.82) is 0 Å². The largest absolute Gasteiger partial charge is 0.348 e. The smallest absolute Gasteiger partial charge is 0.169 e. The lowest BCUT2D eigenvalue weighted by molar-refractivity contribution is -0.162. The van der Waals surface area contributed by atoms with E-state index in [1.165, 1.54) is 0 Å². The van der Waals surface area contributed by atoms with E-state index in [1.54, 1.807) is 0 Å². The number of alkyl halides is 1. The van der Waals surface area contributed by atoms with Crippen molar-refractivity contribution in [2.75, 3.05) is 18.5 Å². The average Bonchev–Trinajstić information content (AvgIpc) is 2.39. The molecule has 1 fully saturated rings. The lowest BCUT2D eigenvalue weighted by Gasteiger charge is -2.25. The second kappa shape index (κ2) is 4.43. The minimum Gasteiger partial charge on any atom is -0.348 e. The molecule has 1 heterocycles. The first-order valence-electron chi connectivity index (χ1n) is 4.17. The summed E-state index contributed by atoms with van der Waals surface area (Å²) in [5, 5.41) is 0.951. The molecule has 0 saturated carbocycles. The van der Waals surface area contributed by atoms with Gasteiger partial charge in [-0.1, -0.05) is 29.3 Å². The fourth-order valence-corrected chi connectivity index (χ4v) is 2.04. The number of rotatable bonds is 4. The predicted octanol–water partition coefficient (Wildman–Crippen LogP) is 2.31. The lowest BCUT2D eigenvalue weighted by atomic mass is 10.1. The molecule has 0 aromatic heterocycles. The van der Waals surface area contributed by atoms with Crippen LogP contribution in [0.15, 0.2) is 0 Å². The minimum absolute atomic E-state index is 0.252. The van der Waals surface area contributed by atoms with Crippen LogP contribution in [0.4, 0.5) is 0 Å². The second-order valence-electron chi connectivity index (χ2n) is 2.80. The second-order valence-corrected chi connectivity index (χ2v) is 3.59. The molecule has 1 aliphatic rings. The van der Waals surface area contributed by atoms with Crippen LogP contribution in [0, 0.1) is 0 Å². The van der Waals surface area contributed by atoms with Crippen molar-refractivity contribution in [3.8, 4) is 0 Å². The van der Waals surface area contributed by atoms with E-state index in [1.807, 2.05) is 0 Å². The Balaban J connectivity index is 2.40. The van der Waals surface area contributed by atoms with E-state index in [-0.39, 0.29) is 5.79 Å². The molecule has 66 valence electrons. The molecule has 1 saturated heterocycles. The van der Waals surface area contributed by atoms with Gasteiger partial charge in [-0.25, -0.2) is 0 Å². The average molecular weight is 223 g/mol. The van der Waals surface area contributed by atoms with Crippen LogP contribution in [0.3, 0.4) is 0 Å². The fourth-order valence-electron chi connectivity index (χ4n) is 1.44. The molecule has 2 nitrogen and oxygen atoms in total. The van der Waals surface area contributed by atoms with Gasteiger partial charge in [-0.3, -0.25) is 0 Å². The Morgan fingerprint density at radius 2 is 1.91 bits per heavy atom. The van der Waals surface area contributed by atoms with Crippen LogP contribution in [-0.4, -0.2) is 24.3 Å². The summed E-state index contributed by atoms with van der Waals surface area (Å²) in [6.07, 6.45) is 3.09. The highest BCUT2D eigenvalue weighted by Crippen LogP contribution is 2.28. The van der Waals surface area contributed by atoms with Crippen LogP contribution < -0.4 is 0 Å². The van der Waals surface area contributed by atoms with Gasteiger partial charge in [0.2, 0.25) is 0 Å². The molecular formula is C8H15BrO2. The van der Waals surface area contributed by atoms with Gasteiger partial charge < -0.3 is 9.47 Å². The van der Waals surface area contributed by atoms with E-state index in [0.29, 0.717) is 0 Å². The van der Waals surface area contributed by atoms with Crippen LogP contribution in [0.5, 0.6) is 0 Å². The molecule has 0 spiro atoms. The van der Waals surface area contributed by atoms with E-state index < -0.39 is 0 Å². The van der Waals surface area contributed by atoms with Gasteiger partial charge in [0.25, 0.3) is 0 Å². The van der Waals surface area contributed by atoms with Crippen LogP contribution in [0.1, 0.15) is 26.2 Å². The predicted molar refractivity (Wildman–Crippen MR) is 48.0 cm³/mol. The first kappa shape index (κ1) is 9.49. The summed E-state index contributed by atoms with van der Waals surface area (Å²) in [4.78, 5) is 0. The van der Waals surface area contributed by atoms with Gasteiger partial charge in [0.15, 0.2) is 5.79 Å². The Kier molecular flexibility index (Phi) is 3.82. The third kappa shape index (κ3) is 2.42. The monoisotopic (exact) mass is 222 g/mol. The van der Waals surface area contributed by atoms with Crippen molar-refractivity contribution in [2.24, 2.45) is 0 Å². The van der Waals surface area contributed by atoms with E-state index in [0.717, 1.165) is 37.8 Å². The SMILES string of the molecule is CCCC1(CCBr)OCCO1. The summed E-state index contributed by atoms with van der Waals surface area (Å²) in [6, 6.07) is 0. The summed E-state index contributed by atoms with van der Waals surface area (Å²) in [5.74, 6) is -0.252. The minimum atomic E-state index is -0.252. The molecule has 11 heavy (non-hydrogen) atoms. The maximum atomic E-state index is 5.57. The maximum absolute atomic E-state index is 5.57. The van der Waals surface area contributed by atoms with Crippen molar-refractivity contribution in [2.45, 2.75) is 32.0 Å². The molecule has 0 amide bonds. The third-order valence-corrected chi connectivity index (χ3v) is 2.32. The maximum Gasteiger partial charge on any atom is 0.169 e. The highest BCUT2D eigenvalue weighted by Gasteiger charge is 2.34. The summed E-state index contributed by atoms with van der Waals surface area (Å²) in [6.45, 7) is 3.67. The molecule has 1 aliphatic heterocycles. The van der Waals surface area contributed by atoms with Crippen molar-refractivity contribution >= 4 is 15.9 Å². The van der Waals surface area contributed by atoms with Crippen molar-refractivity contribution in [1.82, 2.24) is 0 Å². The zero-order valence-corrected chi connectivity index (χ0v) is 8.52. The normalized spacial score (nSPS) is 22.4. The summed E-state index contributed by atoms with van der Waals surface area (Å²) in [5.41, 5.74) is 0. The standard InChI is InChI=1S/C8H15BrO2/c1-2-3-8(4-5-9)10-6-7-11-8/h2-7H2,1H3. The summed E-state index contributed by atoms with van der Waals surface area (Å²) >= 11 is 3.40. The number of hydrogen-bond acceptors (Lipinski definition) is 2. The Hall–Kier alpha value is 0.400. The van der Waals surface area contributed by atoms with Crippen molar-refractivity contribution in [3.63, 3.8) is 0 Å². The summed E-state index contributed by atoms with van der Waals surface area (Å²) in [7, 11) is 0. The molecule has 1 rings (SSSR count). The molecule has 0 aliphatic carbocycles. The molecule has 0 atom stereocenters. The molecule has 0 radical (unpaired) electrons. The Morgan fingerprint density at radius 3 is 2.36 bits per heavy atom. The van der Waals surface area contributed by atoms with Gasteiger partial charge in [-0.2, -0.15) is 0 Å². The van der Waals surface area contributed by atoms with Gasteiger partial charge >= 0.3 is 0 Å². The fraction of sp³-hybridized carbons (Fsp3) is 1.00. The number of ether oxygens (including phenoxy) is 2. The van der Waals surface area contributed by atoms with E-state index in [9.17, 15) is 0 Å². The highest BCUT2D eigenvalue weighted by atomic mass is 79.9. The molecule has 0 aromatic rings. The van der Waals surface area contributed by atoms with Crippen LogP contribution in [0.2, 0.25) is 0 Å². The zero-order valence-electron chi connectivity index (χ0n) is 6.94.